The minimum atomic E-state index is -0.565. The third-order valence-corrected chi connectivity index (χ3v) is 5.19. The Hall–Kier alpha value is -2.81. The Morgan fingerprint density at radius 1 is 1.34 bits per heavy atom. The summed E-state index contributed by atoms with van der Waals surface area (Å²) < 4.78 is 21.0. The van der Waals surface area contributed by atoms with Crippen molar-refractivity contribution in [2.75, 3.05) is 13.1 Å². The molecule has 0 aliphatic carbocycles. The van der Waals surface area contributed by atoms with Gasteiger partial charge in [0.1, 0.15) is 5.82 Å². The first-order valence-electron chi connectivity index (χ1n) is 9.54. The third kappa shape index (κ3) is 4.14. The summed E-state index contributed by atoms with van der Waals surface area (Å²) in [5.41, 5.74) is 0.526. The Morgan fingerprint density at radius 2 is 2.14 bits per heavy atom. The quantitative estimate of drug-likeness (QED) is 0.629. The van der Waals surface area contributed by atoms with Gasteiger partial charge in [-0.05, 0) is 37.5 Å². The zero-order valence-electron chi connectivity index (χ0n) is 15.9. The lowest BCUT2D eigenvalue weighted by Crippen LogP contribution is -2.39. The number of halogens is 2. The number of nitrogens with zero attached hydrogens (tertiary/aromatic N) is 6. The maximum atomic E-state index is 14.0. The molecule has 0 unspecified atom stereocenters. The highest BCUT2D eigenvalue weighted by atomic mass is 35.5. The van der Waals surface area contributed by atoms with E-state index in [9.17, 15) is 9.18 Å². The van der Waals surface area contributed by atoms with Crippen LogP contribution < -0.4 is 0 Å². The Labute approximate surface area is 171 Å². The number of carbonyl (C=O) groups excluding carboxylic acids is 1. The minimum Gasteiger partial charge on any atom is -0.338 e. The van der Waals surface area contributed by atoms with Crippen molar-refractivity contribution in [1.29, 1.82) is 0 Å². The van der Waals surface area contributed by atoms with Crippen molar-refractivity contribution in [2.24, 2.45) is 0 Å². The number of hydrogen-bond acceptors (Lipinski definition) is 6. The van der Waals surface area contributed by atoms with E-state index in [-0.39, 0.29) is 17.5 Å². The van der Waals surface area contributed by atoms with Crippen LogP contribution in [-0.4, -0.2) is 49.0 Å². The fraction of sp³-hybridized carbons (Fsp3) is 0.421. The number of aromatic nitrogens is 5. The van der Waals surface area contributed by atoms with Gasteiger partial charge in [0.15, 0.2) is 11.5 Å². The zero-order chi connectivity index (χ0) is 20.4. The van der Waals surface area contributed by atoms with Gasteiger partial charge in [-0.1, -0.05) is 28.9 Å². The SMILES string of the molecule is CCCc1noc(-c2cn(C3CCN(C(=O)c4cc(Cl)ccc4F)CC3)nn2)n1. The highest BCUT2D eigenvalue weighted by molar-refractivity contribution is 6.31. The van der Waals surface area contributed by atoms with Crippen molar-refractivity contribution < 1.29 is 13.7 Å². The Kier molecular flexibility index (Phi) is 5.57. The van der Waals surface area contributed by atoms with E-state index < -0.39 is 5.82 Å². The molecule has 0 saturated carbocycles. The molecule has 8 nitrogen and oxygen atoms in total. The van der Waals surface area contributed by atoms with Crippen molar-refractivity contribution in [3.8, 4) is 11.6 Å². The Bertz CT molecular complexity index is 1010. The zero-order valence-corrected chi connectivity index (χ0v) is 16.6. The number of rotatable bonds is 5. The van der Waals surface area contributed by atoms with E-state index >= 15 is 0 Å². The summed E-state index contributed by atoms with van der Waals surface area (Å²) in [6.07, 6.45) is 4.82. The van der Waals surface area contributed by atoms with Crippen LogP contribution in [0, 0.1) is 5.82 Å². The van der Waals surface area contributed by atoms with Crippen molar-refractivity contribution in [1.82, 2.24) is 30.0 Å². The fourth-order valence-corrected chi connectivity index (χ4v) is 3.57. The lowest BCUT2D eigenvalue weighted by molar-refractivity contribution is 0.0684. The topological polar surface area (TPSA) is 89.9 Å². The summed E-state index contributed by atoms with van der Waals surface area (Å²) >= 11 is 5.90. The normalized spacial score (nSPS) is 15.1. The molecule has 10 heteroatoms. The van der Waals surface area contributed by atoms with Crippen LogP contribution in [0.5, 0.6) is 0 Å². The molecule has 3 aromatic rings. The second kappa shape index (κ2) is 8.28. The van der Waals surface area contributed by atoms with Crippen LogP contribution in [0.3, 0.4) is 0 Å². The maximum Gasteiger partial charge on any atom is 0.280 e. The summed E-state index contributed by atoms with van der Waals surface area (Å²) in [6.45, 7) is 3.03. The Balaban J connectivity index is 1.40. The number of hydrogen-bond donors (Lipinski definition) is 0. The van der Waals surface area contributed by atoms with E-state index in [1.807, 2.05) is 6.92 Å². The maximum absolute atomic E-state index is 14.0. The highest BCUT2D eigenvalue weighted by Crippen LogP contribution is 2.26. The standard InChI is InChI=1S/C19H20ClFN6O2/c1-2-3-17-22-18(29-24-17)16-11-27(25-23-16)13-6-8-26(9-7-13)19(28)14-10-12(20)4-5-15(14)21/h4-5,10-11,13H,2-3,6-9H2,1H3. The van der Waals surface area contributed by atoms with Gasteiger partial charge in [-0.3, -0.25) is 4.79 Å². The third-order valence-electron chi connectivity index (χ3n) is 4.96. The first kappa shape index (κ1) is 19.5. The number of aryl methyl sites for hydroxylation is 1. The number of likely N-dealkylation sites (tertiary alicyclic amines) is 1. The molecule has 1 saturated heterocycles. The first-order chi connectivity index (χ1) is 14.0. The molecule has 1 fully saturated rings. The predicted octanol–water partition coefficient (Wildman–Crippen LogP) is 3.55. The monoisotopic (exact) mass is 418 g/mol. The largest absolute Gasteiger partial charge is 0.338 e. The summed E-state index contributed by atoms with van der Waals surface area (Å²) in [7, 11) is 0. The second-order valence-corrected chi connectivity index (χ2v) is 7.43. The van der Waals surface area contributed by atoms with Gasteiger partial charge in [-0.2, -0.15) is 4.98 Å². The average molecular weight is 419 g/mol. The summed E-state index contributed by atoms with van der Waals surface area (Å²) in [5.74, 6) is 0.0855. The molecule has 0 radical (unpaired) electrons. The lowest BCUT2D eigenvalue weighted by Gasteiger charge is -2.32. The van der Waals surface area contributed by atoms with Gasteiger partial charge in [-0.15, -0.1) is 5.10 Å². The van der Waals surface area contributed by atoms with Gasteiger partial charge >= 0.3 is 0 Å². The van der Waals surface area contributed by atoms with E-state index in [0.717, 1.165) is 12.8 Å². The van der Waals surface area contributed by atoms with Crippen LogP contribution in [0.2, 0.25) is 5.02 Å². The number of amides is 1. The molecular formula is C19H20ClFN6O2. The smallest absolute Gasteiger partial charge is 0.280 e. The fourth-order valence-electron chi connectivity index (χ4n) is 3.40. The number of piperidine rings is 1. The predicted molar refractivity (Wildman–Crippen MR) is 103 cm³/mol. The molecule has 1 aliphatic rings. The molecule has 1 amide bonds. The van der Waals surface area contributed by atoms with E-state index in [0.29, 0.717) is 48.4 Å². The van der Waals surface area contributed by atoms with Crippen LogP contribution in [-0.2, 0) is 6.42 Å². The van der Waals surface area contributed by atoms with Gasteiger partial charge in [0.2, 0.25) is 0 Å². The van der Waals surface area contributed by atoms with Crippen LogP contribution in [0.4, 0.5) is 4.39 Å². The second-order valence-electron chi connectivity index (χ2n) is 7.00. The van der Waals surface area contributed by atoms with Crippen LogP contribution in [0.1, 0.15) is 48.4 Å². The highest BCUT2D eigenvalue weighted by Gasteiger charge is 2.27. The summed E-state index contributed by atoms with van der Waals surface area (Å²) in [4.78, 5) is 18.6. The molecule has 3 heterocycles. The molecule has 0 spiro atoms. The van der Waals surface area contributed by atoms with Crippen molar-refractivity contribution in [2.45, 2.75) is 38.6 Å². The van der Waals surface area contributed by atoms with E-state index in [1.54, 1.807) is 15.8 Å². The molecule has 29 heavy (non-hydrogen) atoms. The number of benzene rings is 1. The van der Waals surface area contributed by atoms with Gasteiger partial charge in [0.05, 0.1) is 17.8 Å². The minimum absolute atomic E-state index is 0.00160. The van der Waals surface area contributed by atoms with E-state index in [1.165, 1.54) is 18.2 Å². The average Bonchev–Trinajstić information content (AvgIpc) is 3.39. The van der Waals surface area contributed by atoms with Crippen molar-refractivity contribution in [3.05, 3.63) is 46.6 Å². The first-order valence-corrected chi connectivity index (χ1v) is 9.92. The van der Waals surface area contributed by atoms with Crippen LogP contribution >= 0.6 is 11.6 Å². The Morgan fingerprint density at radius 3 is 2.90 bits per heavy atom. The molecule has 1 aromatic carbocycles. The van der Waals surface area contributed by atoms with Gasteiger partial charge in [0, 0.05) is 24.5 Å². The molecule has 152 valence electrons. The van der Waals surface area contributed by atoms with Crippen LogP contribution in [0.25, 0.3) is 11.6 Å². The lowest BCUT2D eigenvalue weighted by atomic mass is 10.0. The number of carbonyl (C=O) groups is 1. The molecule has 4 rings (SSSR count). The van der Waals surface area contributed by atoms with Gasteiger partial charge in [0.25, 0.3) is 11.8 Å². The van der Waals surface area contributed by atoms with Gasteiger partial charge in [-0.25, -0.2) is 9.07 Å². The molecular weight excluding hydrogens is 399 g/mol. The molecule has 1 aliphatic heterocycles. The summed E-state index contributed by atoms with van der Waals surface area (Å²) in [6, 6.07) is 4.09. The van der Waals surface area contributed by atoms with Crippen LogP contribution in [0.15, 0.2) is 28.9 Å². The molecule has 0 bridgehead atoms. The van der Waals surface area contributed by atoms with Crippen molar-refractivity contribution in [3.63, 3.8) is 0 Å². The van der Waals surface area contributed by atoms with E-state index in [4.69, 9.17) is 16.1 Å². The summed E-state index contributed by atoms with van der Waals surface area (Å²) in [5, 5.41) is 12.6. The van der Waals surface area contributed by atoms with Gasteiger partial charge < -0.3 is 9.42 Å². The van der Waals surface area contributed by atoms with E-state index in [2.05, 4.69) is 20.5 Å². The molecule has 0 N–H and O–H groups in total. The molecule has 2 aromatic heterocycles. The molecule has 0 atom stereocenters. The van der Waals surface area contributed by atoms with Crippen molar-refractivity contribution >= 4 is 17.5 Å².